The van der Waals surface area contributed by atoms with Crippen molar-refractivity contribution >= 4 is 0 Å². The van der Waals surface area contributed by atoms with Crippen molar-refractivity contribution in [1.82, 2.24) is 9.80 Å². The van der Waals surface area contributed by atoms with Gasteiger partial charge in [-0.3, -0.25) is 4.90 Å². The summed E-state index contributed by atoms with van der Waals surface area (Å²) >= 11 is 0. The first-order chi connectivity index (χ1) is 10.2. The van der Waals surface area contributed by atoms with Crippen molar-refractivity contribution in [3.63, 3.8) is 0 Å². The summed E-state index contributed by atoms with van der Waals surface area (Å²) in [6.07, 6.45) is 3.18. The number of aliphatic hydroxyl groups excluding tert-OH is 1. The van der Waals surface area contributed by atoms with Gasteiger partial charge in [0.05, 0.1) is 6.10 Å². The summed E-state index contributed by atoms with van der Waals surface area (Å²) in [4.78, 5) is 5.11. The van der Waals surface area contributed by atoms with E-state index in [1.165, 1.54) is 24.9 Å². The smallest absolute Gasteiger partial charge is 0.0527 e. The topological polar surface area (TPSA) is 26.7 Å². The van der Waals surface area contributed by atoms with E-state index in [9.17, 15) is 5.11 Å². The molecule has 1 aromatic rings. The normalized spacial score (nSPS) is 22.3. The Balaban J connectivity index is 1.95. The van der Waals surface area contributed by atoms with E-state index in [0.717, 1.165) is 32.6 Å². The van der Waals surface area contributed by atoms with Crippen molar-refractivity contribution in [2.24, 2.45) is 0 Å². The molecule has 3 heteroatoms. The average molecular weight is 290 g/mol. The van der Waals surface area contributed by atoms with Crippen molar-refractivity contribution in [3.8, 4) is 0 Å². The standard InChI is InChI=1S/C18H30N2O/c1-3-4-10-19-11-12-20(18(15-19)13-16(2)21)14-17-8-6-5-7-9-17/h5-9,16,18,21H,3-4,10-15H2,1-2H3/t16-,18-/m1/s1. The second-order valence-corrected chi connectivity index (χ2v) is 6.35. The molecule has 2 rings (SSSR count). The van der Waals surface area contributed by atoms with E-state index in [0.29, 0.717) is 6.04 Å². The highest BCUT2D eigenvalue weighted by molar-refractivity contribution is 5.14. The molecule has 0 bridgehead atoms. The van der Waals surface area contributed by atoms with Crippen LogP contribution < -0.4 is 0 Å². The molecule has 0 saturated carbocycles. The quantitative estimate of drug-likeness (QED) is 0.836. The Labute approximate surface area is 129 Å². The molecule has 3 nitrogen and oxygen atoms in total. The molecule has 21 heavy (non-hydrogen) atoms. The third-order valence-corrected chi connectivity index (χ3v) is 4.36. The predicted molar refractivity (Wildman–Crippen MR) is 88.3 cm³/mol. The summed E-state index contributed by atoms with van der Waals surface area (Å²) in [7, 11) is 0. The summed E-state index contributed by atoms with van der Waals surface area (Å²) in [5.41, 5.74) is 1.37. The highest BCUT2D eigenvalue weighted by Crippen LogP contribution is 2.18. The predicted octanol–water partition coefficient (Wildman–Crippen LogP) is 2.74. The van der Waals surface area contributed by atoms with Gasteiger partial charge in [0.25, 0.3) is 0 Å². The van der Waals surface area contributed by atoms with Crippen LogP contribution in [0.2, 0.25) is 0 Å². The first-order valence-corrected chi connectivity index (χ1v) is 8.37. The van der Waals surface area contributed by atoms with E-state index < -0.39 is 0 Å². The SMILES string of the molecule is CCCCN1CCN(Cc2ccccc2)[C@H](C[C@@H](C)O)C1. The minimum absolute atomic E-state index is 0.223. The van der Waals surface area contributed by atoms with Crippen molar-refractivity contribution in [2.75, 3.05) is 26.2 Å². The number of hydrogen-bond acceptors (Lipinski definition) is 3. The average Bonchev–Trinajstić information content (AvgIpc) is 2.48. The monoisotopic (exact) mass is 290 g/mol. The minimum atomic E-state index is -0.223. The molecule has 0 spiro atoms. The number of rotatable bonds is 7. The van der Waals surface area contributed by atoms with Gasteiger partial charge in [-0.25, -0.2) is 0 Å². The molecule has 0 unspecified atom stereocenters. The van der Waals surface area contributed by atoms with Crippen LogP contribution in [0.25, 0.3) is 0 Å². The molecule has 0 amide bonds. The van der Waals surface area contributed by atoms with E-state index in [4.69, 9.17) is 0 Å². The second kappa shape index (κ2) is 8.52. The van der Waals surface area contributed by atoms with Crippen molar-refractivity contribution in [2.45, 2.75) is 51.8 Å². The van der Waals surface area contributed by atoms with Crippen LogP contribution in [0.4, 0.5) is 0 Å². The molecule has 1 aromatic carbocycles. The third-order valence-electron chi connectivity index (χ3n) is 4.36. The van der Waals surface area contributed by atoms with Crippen LogP contribution in [0, 0.1) is 0 Å². The van der Waals surface area contributed by atoms with Crippen LogP contribution in [0.3, 0.4) is 0 Å². The second-order valence-electron chi connectivity index (χ2n) is 6.35. The fraction of sp³-hybridized carbons (Fsp3) is 0.667. The van der Waals surface area contributed by atoms with E-state index in [2.05, 4.69) is 47.1 Å². The molecule has 0 aromatic heterocycles. The number of benzene rings is 1. The zero-order chi connectivity index (χ0) is 15.1. The van der Waals surface area contributed by atoms with Crippen LogP contribution in [0.15, 0.2) is 30.3 Å². The lowest BCUT2D eigenvalue weighted by Gasteiger charge is -2.42. The number of piperazine rings is 1. The lowest BCUT2D eigenvalue weighted by Crippen LogP contribution is -2.53. The van der Waals surface area contributed by atoms with Crippen molar-refractivity contribution in [3.05, 3.63) is 35.9 Å². The lowest BCUT2D eigenvalue weighted by atomic mass is 10.0. The largest absolute Gasteiger partial charge is 0.393 e. The van der Waals surface area contributed by atoms with Crippen LogP contribution >= 0.6 is 0 Å². The lowest BCUT2D eigenvalue weighted by molar-refractivity contribution is 0.0371. The Bertz CT molecular complexity index is 393. The molecule has 1 heterocycles. The fourth-order valence-electron chi connectivity index (χ4n) is 3.19. The highest BCUT2D eigenvalue weighted by atomic mass is 16.3. The molecule has 0 aliphatic carbocycles. The summed E-state index contributed by atoms with van der Waals surface area (Å²) in [6, 6.07) is 11.1. The van der Waals surface area contributed by atoms with Gasteiger partial charge in [0.1, 0.15) is 0 Å². The zero-order valence-electron chi connectivity index (χ0n) is 13.5. The van der Waals surface area contributed by atoms with Gasteiger partial charge < -0.3 is 10.0 Å². The van der Waals surface area contributed by atoms with E-state index in [1.54, 1.807) is 0 Å². The van der Waals surface area contributed by atoms with Gasteiger partial charge in [0, 0.05) is 32.2 Å². The van der Waals surface area contributed by atoms with Crippen LogP contribution in [-0.2, 0) is 6.54 Å². The molecule has 1 saturated heterocycles. The Morgan fingerprint density at radius 2 is 2.00 bits per heavy atom. The van der Waals surface area contributed by atoms with Crippen LogP contribution in [-0.4, -0.2) is 53.2 Å². The van der Waals surface area contributed by atoms with Crippen LogP contribution in [0.1, 0.15) is 38.7 Å². The Kier molecular flexibility index (Phi) is 6.68. The Hall–Kier alpha value is -0.900. The molecule has 1 N–H and O–H groups in total. The van der Waals surface area contributed by atoms with Gasteiger partial charge in [0.15, 0.2) is 0 Å². The fourth-order valence-corrected chi connectivity index (χ4v) is 3.19. The molecule has 1 aliphatic rings. The first kappa shape index (κ1) is 16.5. The number of aliphatic hydroxyl groups is 1. The summed E-state index contributed by atoms with van der Waals surface area (Å²) < 4.78 is 0. The van der Waals surface area contributed by atoms with Gasteiger partial charge in [-0.1, -0.05) is 43.7 Å². The molecule has 0 radical (unpaired) electrons. The van der Waals surface area contributed by atoms with Gasteiger partial charge in [0.2, 0.25) is 0 Å². The maximum Gasteiger partial charge on any atom is 0.0527 e. The van der Waals surface area contributed by atoms with Gasteiger partial charge in [-0.2, -0.15) is 0 Å². The van der Waals surface area contributed by atoms with E-state index >= 15 is 0 Å². The third kappa shape index (κ3) is 5.42. The van der Waals surface area contributed by atoms with Crippen LogP contribution in [0.5, 0.6) is 0 Å². The summed E-state index contributed by atoms with van der Waals surface area (Å²) in [5.74, 6) is 0. The van der Waals surface area contributed by atoms with E-state index in [1.807, 2.05) is 6.92 Å². The minimum Gasteiger partial charge on any atom is -0.393 e. The molecule has 118 valence electrons. The number of hydrogen-bond donors (Lipinski definition) is 1. The zero-order valence-corrected chi connectivity index (χ0v) is 13.5. The Morgan fingerprint density at radius 3 is 2.67 bits per heavy atom. The molecule has 1 fully saturated rings. The summed E-state index contributed by atoms with van der Waals surface area (Å²) in [5, 5.41) is 9.81. The van der Waals surface area contributed by atoms with Crippen molar-refractivity contribution in [1.29, 1.82) is 0 Å². The Morgan fingerprint density at radius 1 is 1.24 bits per heavy atom. The maximum absolute atomic E-state index is 9.81. The molecule has 1 aliphatic heterocycles. The van der Waals surface area contributed by atoms with E-state index in [-0.39, 0.29) is 6.10 Å². The number of nitrogens with zero attached hydrogens (tertiary/aromatic N) is 2. The highest BCUT2D eigenvalue weighted by Gasteiger charge is 2.27. The van der Waals surface area contributed by atoms with Gasteiger partial charge in [-0.05, 0) is 31.9 Å². The van der Waals surface area contributed by atoms with Gasteiger partial charge in [-0.15, -0.1) is 0 Å². The molecule has 2 atom stereocenters. The number of unbranched alkanes of at least 4 members (excludes halogenated alkanes) is 1. The first-order valence-electron chi connectivity index (χ1n) is 8.37. The summed E-state index contributed by atoms with van der Waals surface area (Å²) in [6.45, 7) is 9.72. The molecular formula is C18H30N2O. The molecular weight excluding hydrogens is 260 g/mol. The van der Waals surface area contributed by atoms with Crippen molar-refractivity contribution < 1.29 is 5.11 Å². The maximum atomic E-state index is 9.81. The van der Waals surface area contributed by atoms with Gasteiger partial charge >= 0.3 is 0 Å².